The number of pyridine rings is 1. The van der Waals surface area contributed by atoms with Crippen molar-refractivity contribution in [2.45, 2.75) is 46.8 Å². The van der Waals surface area contributed by atoms with Crippen molar-refractivity contribution < 1.29 is 9.53 Å². The molecule has 0 aliphatic rings. The molecule has 2 heterocycles. The van der Waals surface area contributed by atoms with Gasteiger partial charge in [-0.1, -0.05) is 19.9 Å². The summed E-state index contributed by atoms with van der Waals surface area (Å²) in [6.45, 7) is 11.8. The van der Waals surface area contributed by atoms with Gasteiger partial charge in [0.15, 0.2) is 11.5 Å². The molecule has 25 heavy (non-hydrogen) atoms. The molecule has 0 spiro atoms. The minimum Gasteiger partial charge on any atom is -0.444 e. The molecule has 0 aromatic carbocycles. The van der Waals surface area contributed by atoms with Gasteiger partial charge in [0.25, 0.3) is 0 Å². The topological polar surface area (TPSA) is 80.5 Å². The first-order valence-corrected chi connectivity index (χ1v) is 8.72. The number of carbonyl (C=O) groups is 1. The minimum absolute atomic E-state index is 0.298. The molecule has 0 saturated heterocycles. The summed E-state index contributed by atoms with van der Waals surface area (Å²) in [6, 6.07) is 5.83. The van der Waals surface area contributed by atoms with Crippen molar-refractivity contribution in [3.05, 3.63) is 30.2 Å². The lowest BCUT2D eigenvalue weighted by Crippen LogP contribution is -2.39. The van der Waals surface area contributed by atoms with Gasteiger partial charge in [-0.05, 0) is 44.7 Å². The molecule has 1 amide bonds. The Morgan fingerprint density at radius 2 is 2.00 bits per heavy atom. The quantitative estimate of drug-likeness (QED) is 0.805. The Morgan fingerprint density at radius 1 is 1.24 bits per heavy atom. The number of alkyl carbamates (subject to hydrolysis) is 1. The van der Waals surface area contributed by atoms with E-state index in [1.807, 2.05) is 49.6 Å². The first-order valence-electron chi connectivity index (χ1n) is 8.72. The van der Waals surface area contributed by atoms with E-state index in [0.717, 1.165) is 18.0 Å². The maximum absolute atomic E-state index is 11.8. The summed E-state index contributed by atoms with van der Waals surface area (Å²) in [4.78, 5) is 11.8. The zero-order chi connectivity index (χ0) is 18.4. The highest BCUT2D eigenvalue weighted by Gasteiger charge is 2.19. The number of hydrogen-bond acceptors (Lipinski definition) is 5. The van der Waals surface area contributed by atoms with Crippen molar-refractivity contribution in [3.63, 3.8) is 0 Å². The molecular weight excluding hydrogens is 318 g/mol. The fourth-order valence-electron chi connectivity index (χ4n) is 2.45. The van der Waals surface area contributed by atoms with Crippen molar-refractivity contribution in [1.29, 1.82) is 0 Å². The van der Waals surface area contributed by atoms with Crippen molar-refractivity contribution in [3.8, 4) is 0 Å². The third-order valence-electron chi connectivity index (χ3n) is 3.92. The summed E-state index contributed by atoms with van der Waals surface area (Å²) >= 11 is 0. The van der Waals surface area contributed by atoms with Crippen LogP contribution >= 0.6 is 0 Å². The van der Waals surface area contributed by atoms with Gasteiger partial charge < -0.3 is 15.4 Å². The molecular formula is C18H29N5O2. The molecule has 2 aromatic rings. The summed E-state index contributed by atoms with van der Waals surface area (Å²) in [5, 5.41) is 14.6. The fraction of sp³-hybridized carbons (Fsp3) is 0.611. The van der Waals surface area contributed by atoms with Crippen LogP contribution in [-0.2, 0) is 11.3 Å². The standard InChI is InChI=1S/C18H29N5O2/c1-13(2)14(11-20-17(24)25-18(3,4)5)10-19-12-16-22-21-15-8-6-7-9-23(15)16/h6-9,13-14,19H,10-12H2,1-5H3,(H,20,24). The molecule has 7 nitrogen and oxygen atoms in total. The normalized spacial score (nSPS) is 13.2. The number of aromatic nitrogens is 3. The summed E-state index contributed by atoms with van der Waals surface area (Å²) in [5.41, 5.74) is 0.357. The van der Waals surface area contributed by atoms with Crippen LogP contribution in [0.5, 0.6) is 0 Å². The maximum Gasteiger partial charge on any atom is 0.407 e. The molecule has 1 atom stereocenters. The van der Waals surface area contributed by atoms with Gasteiger partial charge in [0.2, 0.25) is 0 Å². The molecule has 2 N–H and O–H groups in total. The molecule has 0 saturated carbocycles. The van der Waals surface area contributed by atoms with Crippen LogP contribution in [0.15, 0.2) is 24.4 Å². The van der Waals surface area contributed by atoms with E-state index in [1.54, 1.807) is 0 Å². The Balaban J connectivity index is 1.82. The van der Waals surface area contributed by atoms with E-state index < -0.39 is 5.60 Å². The van der Waals surface area contributed by atoms with Gasteiger partial charge in [-0.25, -0.2) is 4.79 Å². The maximum atomic E-state index is 11.8. The molecule has 2 rings (SSSR count). The lowest BCUT2D eigenvalue weighted by molar-refractivity contribution is 0.0515. The van der Waals surface area contributed by atoms with Crippen molar-refractivity contribution in [1.82, 2.24) is 25.2 Å². The Kier molecular flexibility index (Phi) is 6.36. The molecule has 0 fully saturated rings. The first kappa shape index (κ1) is 19.2. The highest BCUT2D eigenvalue weighted by atomic mass is 16.6. The zero-order valence-corrected chi connectivity index (χ0v) is 15.7. The third-order valence-corrected chi connectivity index (χ3v) is 3.92. The molecule has 0 bridgehead atoms. The Labute approximate surface area is 149 Å². The van der Waals surface area contributed by atoms with Crippen molar-refractivity contribution in [2.75, 3.05) is 13.1 Å². The average Bonchev–Trinajstić information content (AvgIpc) is 2.92. The van der Waals surface area contributed by atoms with Crippen LogP contribution < -0.4 is 10.6 Å². The van der Waals surface area contributed by atoms with Gasteiger partial charge in [-0.15, -0.1) is 10.2 Å². The van der Waals surface area contributed by atoms with Gasteiger partial charge in [0.1, 0.15) is 5.60 Å². The van der Waals surface area contributed by atoms with Crippen molar-refractivity contribution >= 4 is 11.7 Å². The van der Waals surface area contributed by atoms with E-state index in [1.165, 1.54) is 0 Å². The molecule has 0 aliphatic carbocycles. The van der Waals surface area contributed by atoms with Gasteiger partial charge in [0.05, 0.1) is 6.54 Å². The van der Waals surface area contributed by atoms with Crippen LogP contribution in [0.2, 0.25) is 0 Å². The molecule has 7 heteroatoms. The van der Waals surface area contributed by atoms with E-state index in [4.69, 9.17) is 4.74 Å². The number of nitrogens with one attached hydrogen (secondary N) is 2. The van der Waals surface area contributed by atoms with Crippen LogP contribution in [-0.4, -0.2) is 39.4 Å². The van der Waals surface area contributed by atoms with Crippen LogP contribution in [0.1, 0.15) is 40.4 Å². The van der Waals surface area contributed by atoms with Crippen LogP contribution in [0, 0.1) is 11.8 Å². The summed E-state index contributed by atoms with van der Waals surface area (Å²) in [6.07, 6.45) is 1.58. The monoisotopic (exact) mass is 347 g/mol. The van der Waals surface area contributed by atoms with E-state index in [2.05, 4.69) is 34.7 Å². The minimum atomic E-state index is -0.482. The Morgan fingerprint density at radius 3 is 2.68 bits per heavy atom. The van der Waals surface area contributed by atoms with Crippen LogP contribution in [0.4, 0.5) is 4.79 Å². The first-order chi connectivity index (χ1) is 11.8. The molecule has 2 aromatic heterocycles. The summed E-state index contributed by atoms with van der Waals surface area (Å²) < 4.78 is 7.26. The Bertz CT molecular complexity index is 690. The number of amides is 1. The van der Waals surface area contributed by atoms with E-state index >= 15 is 0 Å². The lowest BCUT2D eigenvalue weighted by Gasteiger charge is -2.24. The second-order valence-corrected chi connectivity index (χ2v) is 7.56. The Hall–Kier alpha value is -2.15. The largest absolute Gasteiger partial charge is 0.444 e. The number of ether oxygens (including phenoxy) is 1. The van der Waals surface area contributed by atoms with Gasteiger partial charge in [-0.3, -0.25) is 4.40 Å². The number of nitrogens with zero attached hydrogens (tertiary/aromatic N) is 3. The molecule has 0 radical (unpaired) electrons. The molecule has 138 valence electrons. The SMILES string of the molecule is CC(C)C(CNCc1nnc2ccccn12)CNC(=O)OC(C)(C)C. The summed E-state index contributed by atoms with van der Waals surface area (Å²) in [5.74, 6) is 1.60. The number of rotatable bonds is 7. The van der Waals surface area contributed by atoms with E-state index in [0.29, 0.717) is 24.9 Å². The predicted molar refractivity (Wildman–Crippen MR) is 97.3 cm³/mol. The lowest BCUT2D eigenvalue weighted by atomic mass is 9.96. The fourth-order valence-corrected chi connectivity index (χ4v) is 2.45. The van der Waals surface area contributed by atoms with Crippen molar-refractivity contribution in [2.24, 2.45) is 11.8 Å². The zero-order valence-electron chi connectivity index (χ0n) is 15.7. The van der Waals surface area contributed by atoms with Crippen LogP contribution in [0.3, 0.4) is 0 Å². The third kappa shape index (κ3) is 6.01. The summed E-state index contributed by atoms with van der Waals surface area (Å²) in [7, 11) is 0. The van der Waals surface area contributed by atoms with Gasteiger partial charge in [-0.2, -0.15) is 0 Å². The van der Waals surface area contributed by atoms with Crippen LogP contribution in [0.25, 0.3) is 5.65 Å². The van der Waals surface area contributed by atoms with E-state index in [-0.39, 0.29) is 6.09 Å². The number of hydrogen-bond donors (Lipinski definition) is 2. The number of fused-ring (bicyclic) bond motifs is 1. The second-order valence-electron chi connectivity index (χ2n) is 7.56. The van der Waals surface area contributed by atoms with E-state index in [9.17, 15) is 4.79 Å². The average molecular weight is 347 g/mol. The highest BCUT2D eigenvalue weighted by Crippen LogP contribution is 2.11. The van der Waals surface area contributed by atoms with Gasteiger partial charge in [0, 0.05) is 19.3 Å². The second kappa shape index (κ2) is 8.29. The molecule has 0 aliphatic heterocycles. The number of carbonyl (C=O) groups excluding carboxylic acids is 1. The predicted octanol–water partition coefficient (Wildman–Crippen LogP) is 2.62. The smallest absolute Gasteiger partial charge is 0.407 e. The molecule has 1 unspecified atom stereocenters. The highest BCUT2D eigenvalue weighted by molar-refractivity contribution is 5.67. The van der Waals surface area contributed by atoms with Gasteiger partial charge >= 0.3 is 6.09 Å².